The molecule has 0 fully saturated rings. The van der Waals surface area contributed by atoms with E-state index in [1.54, 1.807) is 0 Å². The molecule has 0 heterocycles. The zero-order valence-electron chi connectivity index (χ0n) is 26.4. The second-order valence-electron chi connectivity index (χ2n) is 11.5. The fraction of sp³-hybridized carbons (Fsp3) is 0.853. The lowest BCUT2D eigenvalue weighted by molar-refractivity contribution is -0.144. The molecule has 0 radical (unpaired) electrons. The van der Waals surface area contributed by atoms with Gasteiger partial charge in [-0.15, -0.1) is 0 Å². The molecule has 2 N–H and O–H groups in total. The van der Waals surface area contributed by atoms with Crippen molar-refractivity contribution < 1.29 is 29.3 Å². The Bertz CT molecular complexity index is 583. The molecule has 236 valence electrons. The second kappa shape index (κ2) is 33.4. The van der Waals surface area contributed by atoms with E-state index in [1.807, 2.05) is 0 Å². The molecule has 0 saturated heterocycles. The Balaban J connectivity index is 0. The monoisotopic (exact) mass is 568 g/mol. The fourth-order valence-electron chi connectivity index (χ4n) is 4.34. The molecule has 6 nitrogen and oxygen atoms in total. The molecule has 0 rings (SSSR count). The van der Waals surface area contributed by atoms with Crippen molar-refractivity contribution in [1.82, 2.24) is 0 Å². The van der Waals surface area contributed by atoms with Crippen LogP contribution in [0.2, 0.25) is 0 Å². The molecule has 0 aromatic carbocycles. The minimum Gasteiger partial charge on any atom is -0.481 e. The maximum Gasteiger partial charge on any atom is 0.305 e. The maximum atomic E-state index is 11.8. The summed E-state index contributed by atoms with van der Waals surface area (Å²) in [5.74, 6) is -0.911. The molecule has 0 bridgehead atoms. The first-order chi connectivity index (χ1) is 19.3. The van der Waals surface area contributed by atoms with E-state index in [2.05, 4.69) is 32.9 Å². The topological polar surface area (TPSA) is 101 Å². The highest BCUT2D eigenvalue weighted by Gasteiger charge is 2.03. The van der Waals surface area contributed by atoms with Crippen LogP contribution in [-0.2, 0) is 19.1 Å². The van der Waals surface area contributed by atoms with Crippen LogP contribution in [0.4, 0.5) is 0 Å². The lowest BCUT2D eigenvalue weighted by atomic mass is 10.0. The van der Waals surface area contributed by atoms with Gasteiger partial charge in [0.2, 0.25) is 0 Å². The Hall–Kier alpha value is -1.85. The molecule has 0 aromatic rings. The predicted molar refractivity (Wildman–Crippen MR) is 167 cm³/mol. The van der Waals surface area contributed by atoms with Crippen LogP contribution in [-0.4, -0.2) is 34.7 Å². The lowest BCUT2D eigenvalue weighted by Crippen LogP contribution is -2.05. The van der Waals surface area contributed by atoms with Gasteiger partial charge in [0.15, 0.2) is 0 Å². The first-order valence-corrected chi connectivity index (χ1v) is 16.5. The van der Waals surface area contributed by atoms with Crippen molar-refractivity contribution in [2.45, 2.75) is 175 Å². The molecule has 0 aliphatic carbocycles. The largest absolute Gasteiger partial charge is 0.481 e. The van der Waals surface area contributed by atoms with E-state index >= 15 is 0 Å². The molecule has 0 aliphatic rings. The molecule has 0 spiro atoms. The highest BCUT2D eigenvalue weighted by molar-refractivity contribution is 5.69. The van der Waals surface area contributed by atoms with Crippen molar-refractivity contribution in [1.29, 1.82) is 0 Å². The Morgan fingerprint density at radius 1 is 0.575 bits per heavy atom. The predicted octanol–water partition coefficient (Wildman–Crippen LogP) is 10.3. The van der Waals surface area contributed by atoms with Gasteiger partial charge in [-0.05, 0) is 57.3 Å². The van der Waals surface area contributed by atoms with Gasteiger partial charge in [-0.3, -0.25) is 14.4 Å². The molecule has 0 aromatic heterocycles. The van der Waals surface area contributed by atoms with E-state index in [0.29, 0.717) is 25.9 Å². The van der Waals surface area contributed by atoms with Crippen LogP contribution in [0.15, 0.2) is 12.2 Å². The normalized spacial score (nSPS) is 11.0. The van der Waals surface area contributed by atoms with Crippen molar-refractivity contribution in [2.75, 3.05) is 6.61 Å². The summed E-state index contributed by atoms with van der Waals surface area (Å²) in [6, 6.07) is 0. The van der Waals surface area contributed by atoms with Crippen LogP contribution in [0, 0.1) is 5.92 Å². The maximum absolute atomic E-state index is 11.8. The van der Waals surface area contributed by atoms with E-state index < -0.39 is 11.9 Å². The number of aliphatic carboxylic acids is 2. The summed E-state index contributed by atoms with van der Waals surface area (Å²) in [5, 5.41) is 16.3. The third kappa shape index (κ3) is 40.6. The number of rotatable bonds is 28. The number of carbonyl (C=O) groups is 3. The molecule has 0 unspecified atom stereocenters. The fourth-order valence-corrected chi connectivity index (χ4v) is 4.34. The minimum atomic E-state index is -0.870. The van der Waals surface area contributed by atoms with Crippen LogP contribution < -0.4 is 0 Å². The van der Waals surface area contributed by atoms with E-state index in [0.717, 1.165) is 25.2 Å². The van der Waals surface area contributed by atoms with Crippen molar-refractivity contribution >= 4 is 17.9 Å². The Kier molecular flexibility index (Phi) is 33.6. The molecule has 6 heteroatoms. The van der Waals surface area contributed by atoms with Gasteiger partial charge in [-0.2, -0.15) is 0 Å². The van der Waals surface area contributed by atoms with E-state index in [1.165, 1.54) is 103 Å². The Morgan fingerprint density at radius 2 is 1.00 bits per heavy atom. The minimum absolute atomic E-state index is 0.00688. The molecule has 0 saturated carbocycles. The third-order valence-electron chi connectivity index (χ3n) is 6.86. The number of ether oxygens (including phenoxy) is 1. The standard InChI is InChI=1S/C28H54O2.C6H10O4/c1-4-5-6-7-8-9-10-11-12-13-14-15-16-19-22-25-28(29)30-26-23-20-17-18-21-24-27(2)3;7-5(8)3-1-2-4-6(9)10/h11-12,27H,4-10,13-26H2,1-3H3;1-4H2,(H,7,8)(H,9,10)/b12-11-;. The number of carbonyl (C=O) groups excluding carboxylic acids is 1. The zero-order valence-corrected chi connectivity index (χ0v) is 26.4. The summed E-state index contributed by atoms with van der Waals surface area (Å²) in [7, 11) is 0. The van der Waals surface area contributed by atoms with E-state index in [4.69, 9.17) is 14.9 Å². The van der Waals surface area contributed by atoms with Gasteiger partial charge in [-0.1, -0.05) is 116 Å². The zero-order chi connectivity index (χ0) is 30.1. The summed E-state index contributed by atoms with van der Waals surface area (Å²) >= 11 is 0. The van der Waals surface area contributed by atoms with Gasteiger partial charge < -0.3 is 14.9 Å². The van der Waals surface area contributed by atoms with Crippen LogP contribution in [0.5, 0.6) is 0 Å². The highest BCUT2D eigenvalue weighted by Crippen LogP contribution is 2.12. The summed E-state index contributed by atoms with van der Waals surface area (Å²) in [6.07, 6.45) is 30.6. The van der Waals surface area contributed by atoms with Gasteiger partial charge in [0.05, 0.1) is 6.61 Å². The van der Waals surface area contributed by atoms with E-state index in [-0.39, 0.29) is 18.8 Å². The number of hydrogen-bond acceptors (Lipinski definition) is 4. The van der Waals surface area contributed by atoms with Crippen LogP contribution in [0.1, 0.15) is 175 Å². The van der Waals surface area contributed by atoms with Crippen molar-refractivity contribution in [3.63, 3.8) is 0 Å². The molecule has 0 amide bonds. The molecular formula is C34H64O6. The number of allylic oxidation sites excluding steroid dienone is 2. The lowest BCUT2D eigenvalue weighted by Gasteiger charge is -2.06. The number of unbranched alkanes of at least 4 members (excludes halogenated alkanes) is 16. The van der Waals surface area contributed by atoms with Crippen molar-refractivity contribution in [3.8, 4) is 0 Å². The number of carboxylic acids is 2. The van der Waals surface area contributed by atoms with Crippen LogP contribution in [0.3, 0.4) is 0 Å². The first-order valence-electron chi connectivity index (χ1n) is 16.5. The number of hydrogen-bond donors (Lipinski definition) is 2. The third-order valence-corrected chi connectivity index (χ3v) is 6.86. The number of esters is 1. The summed E-state index contributed by atoms with van der Waals surface area (Å²) in [4.78, 5) is 31.5. The summed E-state index contributed by atoms with van der Waals surface area (Å²) in [5.41, 5.74) is 0. The van der Waals surface area contributed by atoms with Gasteiger partial charge in [0.1, 0.15) is 0 Å². The number of carboxylic acid groups (broad SMARTS) is 2. The smallest absolute Gasteiger partial charge is 0.305 e. The summed E-state index contributed by atoms with van der Waals surface area (Å²) in [6.45, 7) is 7.47. The van der Waals surface area contributed by atoms with Crippen molar-refractivity contribution in [3.05, 3.63) is 12.2 Å². The highest BCUT2D eigenvalue weighted by atomic mass is 16.5. The van der Waals surface area contributed by atoms with Gasteiger partial charge >= 0.3 is 17.9 Å². The molecule has 40 heavy (non-hydrogen) atoms. The average Bonchev–Trinajstić information content (AvgIpc) is 2.90. The quantitative estimate of drug-likeness (QED) is 0.0553. The summed E-state index contributed by atoms with van der Waals surface area (Å²) < 4.78 is 5.36. The second-order valence-corrected chi connectivity index (χ2v) is 11.5. The van der Waals surface area contributed by atoms with Crippen LogP contribution >= 0.6 is 0 Å². The van der Waals surface area contributed by atoms with Gasteiger partial charge in [0, 0.05) is 19.3 Å². The van der Waals surface area contributed by atoms with Crippen molar-refractivity contribution in [2.24, 2.45) is 5.92 Å². The molecular weight excluding hydrogens is 504 g/mol. The van der Waals surface area contributed by atoms with E-state index in [9.17, 15) is 14.4 Å². The molecule has 0 atom stereocenters. The SMILES string of the molecule is CCCCCCCC/C=C\CCCCCCCC(=O)OCCCCCCCC(C)C.O=C(O)CCCCC(=O)O. The van der Waals surface area contributed by atoms with Crippen LogP contribution in [0.25, 0.3) is 0 Å². The Labute approximate surface area is 246 Å². The first kappa shape index (κ1) is 40.3. The molecule has 0 aliphatic heterocycles. The van der Waals surface area contributed by atoms with Gasteiger partial charge in [-0.25, -0.2) is 0 Å². The Morgan fingerprint density at radius 3 is 1.50 bits per heavy atom. The van der Waals surface area contributed by atoms with Gasteiger partial charge in [0.25, 0.3) is 0 Å². The average molecular weight is 569 g/mol.